The van der Waals surface area contributed by atoms with Gasteiger partial charge in [0.1, 0.15) is 11.1 Å². The number of carbonyl (C=O) groups is 2. The molecule has 1 saturated heterocycles. The van der Waals surface area contributed by atoms with Crippen LogP contribution < -0.4 is 5.32 Å². The zero-order valence-electron chi connectivity index (χ0n) is 19.3. The fraction of sp³-hybridized carbons (Fsp3) is 0.500. The Bertz CT molecular complexity index is 1100. The van der Waals surface area contributed by atoms with E-state index < -0.39 is 46.7 Å². The number of carbonyl (C=O) groups excluding carboxylic acids is 2. The zero-order chi connectivity index (χ0) is 26.8. The van der Waals surface area contributed by atoms with E-state index >= 15 is 0 Å². The lowest BCUT2D eigenvalue weighted by molar-refractivity contribution is -0.141. The van der Waals surface area contributed by atoms with Gasteiger partial charge in [0.05, 0.1) is 16.6 Å². The lowest BCUT2D eigenvalue weighted by Crippen LogP contribution is -2.52. The summed E-state index contributed by atoms with van der Waals surface area (Å²) in [4.78, 5) is 30.1. The Hall–Kier alpha value is -2.71. The molecule has 2 heterocycles. The molecule has 2 aromatic rings. The van der Waals surface area contributed by atoms with Gasteiger partial charge >= 0.3 is 12.4 Å². The van der Waals surface area contributed by atoms with Crippen molar-refractivity contribution in [1.82, 2.24) is 20.1 Å². The number of alkyl halides is 6. The highest BCUT2D eigenvalue weighted by molar-refractivity contribution is 7.13. The molecule has 3 rings (SSSR count). The SMILES string of the molecule is CC(=O)N1CCN(C(O)Cc2nc(C(F)(F)F)c(C(=O)NC(C)c3cccc(C(F)(F)F)c3)s2)CC1. The van der Waals surface area contributed by atoms with E-state index in [0.717, 1.165) is 18.2 Å². The summed E-state index contributed by atoms with van der Waals surface area (Å²) in [5.41, 5.74) is -2.31. The molecule has 1 aromatic heterocycles. The minimum Gasteiger partial charge on any atom is -0.378 e. The fourth-order valence-electron chi connectivity index (χ4n) is 3.75. The molecule has 36 heavy (non-hydrogen) atoms. The van der Waals surface area contributed by atoms with Crippen LogP contribution in [0.4, 0.5) is 26.3 Å². The second-order valence-corrected chi connectivity index (χ2v) is 9.41. The fourth-order valence-corrected chi connectivity index (χ4v) is 4.76. The van der Waals surface area contributed by atoms with Crippen LogP contribution in [-0.2, 0) is 23.6 Å². The third-order valence-electron chi connectivity index (χ3n) is 5.75. The summed E-state index contributed by atoms with van der Waals surface area (Å²) in [6, 6.07) is 3.11. The average molecular weight is 539 g/mol. The number of aliphatic hydroxyl groups excluding tert-OH is 1. The van der Waals surface area contributed by atoms with Crippen molar-refractivity contribution in [3.05, 3.63) is 51.0 Å². The Labute approximate surface area is 206 Å². The van der Waals surface area contributed by atoms with E-state index in [1.54, 1.807) is 9.80 Å². The number of hydrogen-bond donors (Lipinski definition) is 2. The average Bonchev–Trinajstić information content (AvgIpc) is 3.23. The van der Waals surface area contributed by atoms with Crippen molar-refractivity contribution in [2.45, 2.75) is 44.9 Å². The first-order valence-corrected chi connectivity index (χ1v) is 11.7. The van der Waals surface area contributed by atoms with Crippen LogP contribution in [0.25, 0.3) is 0 Å². The highest BCUT2D eigenvalue weighted by Crippen LogP contribution is 2.35. The van der Waals surface area contributed by atoms with Gasteiger partial charge in [-0.15, -0.1) is 11.3 Å². The van der Waals surface area contributed by atoms with E-state index in [4.69, 9.17) is 0 Å². The summed E-state index contributed by atoms with van der Waals surface area (Å²) in [6.07, 6.45) is -11.0. The van der Waals surface area contributed by atoms with Crippen LogP contribution in [0.15, 0.2) is 24.3 Å². The molecule has 1 aliphatic heterocycles. The summed E-state index contributed by atoms with van der Waals surface area (Å²) in [5.74, 6) is -1.26. The van der Waals surface area contributed by atoms with Crippen LogP contribution in [0.5, 0.6) is 0 Å². The number of aromatic nitrogens is 1. The quantitative estimate of drug-likeness (QED) is 0.548. The van der Waals surface area contributed by atoms with E-state index in [1.165, 1.54) is 19.9 Å². The standard InChI is InChI=1S/C22H24F6N4O3S/c1-12(14-4-3-5-15(10-14)21(23,24)25)29-20(35)18-19(22(26,27)28)30-16(36-18)11-17(34)32-8-6-31(7-9-32)13(2)33/h3-5,10,12,17,34H,6-9,11H2,1-2H3,(H,29,35). The predicted octanol–water partition coefficient (Wildman–Crippen LogP) is 3.70. The zero-order valence-corrected chi connectivity index (χ0v) is 20.1. The van der Waals surface area contributed by atoms with Crippen molar-refractivity contribution < 1.29 is 41.0 Å². The molecule has 2 unspecified atom stereocenters. The number of aliphatic hydroxyl groups is 1. The molecular formula is C22H24F6N4O3S. The van der Waals surface area contributed by atoms with Crippen LogP contribution in [0.3, 0.4) is 0 Å². The van der Waals surface area contributed by atoms with Gasteiger partial charge in [0.25, 0.3) is 5.91 Å². The normalized spacial score (nSPS) is 17.1. The van der Waals surface area contributed by atoms with Gasteiger partial charge in [-0.25, -0.2) is 4.98 Å². The molecule has 1 fully saturated rings. The number of amides is 2. The van der Waals surface area contributed by atoms with Crippen molar-refractivity contribution in [3.63, 3.8) is 0 Å². The first-order chi connectivity index (χ1) is 16.7. The molecule has 2 N–H and O–H groups in total. The molecule has 14 heteroatoms. The van der Waals surface area contributed by atoms with Gasteiger partial charge in [-0.05, 0) is 24.6 Å². The van der Waals surface area contributed by atoms with Gasteiger partial charge in [0.2, 0.25) is 5.91 Å². The Morgan fingerprint density at radius 3 is 2.31 bits per heavy atom. The predicted molar refractivity (Wildman–Crippen MR) is 118 cm³/mol. The number of benzene rings is 1. The summed E-state index contributed by atoms with van der Waals surface area (Å²) in [7, 11) is 0. The third-order valence-corrected chi connectivity index (χ3v) is 6.82. The molecule has 1 aliphatic rings. The highest BCUT2D eigenvalue weighted by atomic mass is 32.1. The monoisotopic (exact) mass is 538 g/mol. The molecule has 0 saturated carbocycles. The molecule has 0 spiro atoms. The van der Waals surface area contributed by atoms with Crippen LogP contribution in [-0.4, -0.2) is 64.1 Å². The van der Waals surface area contributed by atoms with Crippen molar-refractivity contribution in [3.8, 4) is 0 Å². The van der Waals surface area contributed by atoms with Crippen LogP contribution in [0.1, 0.15) is 51.4 Å². The molecule has 1 aromatic carbocycles. The maximum atomic E-state index is 13.6. The first-order valence-electron chi connectivity index (χ1n) is 10.9. The molecule has 2 amide bonds. The molecule has 2 atom stereocenters. The van der Waals surface area contributed by atoms with E-state index in [1.807, 2.05) is 0 Å². The van der Waals surface area contributed by atoms with E-state index in [2.05, 4.69) is 10.3 Å². The summed E-state index contributed by atoms with van der Waals surface area (Å²) < 4.78 is 79.8. The van der Waals surface area contributed by atoms with Gasteiger partial charge in [0, 0.05) is 39.5 Å². The topological polar surface area (TPSA) is 85.8 Å². The number of nitrogens with one attached hydrogen (secondary N) is 1. The highest BCUT2D eigenvalue weighted by Gasteiger charge is 2.40. The molecular weight excluding hydrogens is 514 g/mol. The number of halogens is 6. The van der Waals surface area contributed by atoms with Gasteiger partial charge in [0.15, 0.2) is 5.69 Å². The number of nitrogens with zero attached hydrogens (tertiary/aromatic N) is 3. The maximum Gasteiger partial charge on any atom is 0.435 e. The van der Waals surface area contributed by atoms with E-state index in [9.17, 15) is 41.0 Å². The molecule has 7 nitrogen and oxygen atoms in total. The third kappa shape index (κ3) is 6.73. The largest absolute Gasteiger partial charge is 0.435 e. The second-order valence-electron chi connectivity index (χ2n) is 8.33. The molecule has 0 radical (unpaired) electrons. The Kier molecular flexibility index (Phi) is 8.30. The van der Waals surface area contributed by atoms with Crippen molar-refractivity contribution in [1.29, 1.82) is 0 Å². The lowest BCUT2D eigenvalue weighted by atomic mass is 10.0. The van der Waals surface area contributed by atoms with Gasteiger partial charge in [-0.1, -0.05) is 12.1 Å². The second kappa shape index (κ2) is 10.7. The minimum atomic E-state index is -4.96. The lowest BCUT2D eigenvalue weighted by Gasteiger charge is -2.36. The summed E-state index contributed by atoms with van der Waals surface area (Å²) >= 11 is 0.462. The van der Waals surface area contributed by atoms with Crippen LogP contribution >= 0.6 is 11.3 Å². The Morgan fingerprint density at radius 1 is 1.11 bits per heavy atom. The molecule has 198 valence electrons. The van der Waals surface area contributed by atoms with Gasteiger partial charge in [-0.3, -0.25) is 14.5 Å². The maximum absolute atomic E-state index is 13.6. The number of piperazine rings is 1. The number of thiazole rings is 1. The van der Waals surface area contributed by atoms with Gasteiger partial charge in [-0.2, -0.15) is 26.3 Å². The van der Waals surface area contributed by atoms with Crippen LogP contribution in [0.2, 0.25) is 0 Å². The Balaban J connectivity index is 1.75. The van der Waals surface area contributed by atoms with E-state index in [-0.39, 0.29) is 22.9 Å². The van der Waals surface area contributed by atoms with Crippen molar-refractivity contribution in [2.24, 2.45) is 0 Å². The van der Waals surface area contributed by atoms with Crippen molar-refractivity contribution in [2.75, 3.05) is 26.2 Å². The summed E-state index contributed by atoms with van der Waals surface area (Å²) in [5, 5.41) is 12.7. The van der Waals surface area contributed by atoms with Gasteiger partial charge < -0.3 is 15.3 Å². The first kappa shape index (κ1) is 27.9. The number of hydrogen-bond acceptors (Lipinski definition) is 6. The molecule has 0 bridgehead atoms. The Morgan fingerprint density at radius 2 is 1.75 bits per heavy atom. The minimum absolute atomic E-state index is 0.0663. The van der Waals surface area contributed by atoms with Crippen LogP contribution in [0, 0.1) is 0 Å². The number of rotatable bonds is 6. The summed E-state index contributed by atoms with van der Waals surface area (Å²) in [6.45, 7) is 4.13. The smallest absolute Gasteiger partial charge is 0.378 e. The van der Waals surface area contributed by atoms with E-state index in [0.29, 0.717) is 37.5 Å². The van der Waals surface area contributed by atoms with Crippen molar-refractivity contribution >= 4 is 23.2 Å². The molecule has 0 aliphatic carbocycles.